The van der Waals surface area contributed by atoms with Crippen LogP contribution in [-0.4, -0.2) is 0 Å². The molecule has 0 unspecified atom stereocenters. The average molecular weight is 1330 g/mol. The van der Waals surface area contributed by atoms with Gasteiger partial charge in [-0.1, -0.05) is 267 Å². The second-order valence-electron chi connectivity index (χ2n) is 27.1. The Kier molecular flexibility index (Phi) is 14.5. The Labute approximate surface area is 602 Å². The minimum atomic E-state index is 0.853. The molecule has 0 spiro atoms. The summed E-state index contributed by atoms with van der Waals surface area (Å²) < 4.78 is 13.0. The summed E-state index contributed by atoms with van der Waals surface area (Å²) in [6, 6.07) is 142. The van der Waals surface area contributed by atoms with E-state index in [1.165, 1.54) is 65.3 Å². The quantitative estimate of drug-likeness (QED) is 0.115. The van der Waals surface area contributed by atoms with E-state index in [1.807, 2.05) is 12.1 Å². The third-order valence-electron chi connectivity index (χ3n) is 21.0. The molecule has 4 heteroatoms. The van der Waals surface area contributed by atoms with Gasteiger partial charge in [-0.05, 0) is 242 Å². The fraction of sp³-hybridized carbons (Fsp3) is 0. The number of anilines is 6. The molecule has 18 aromatic carbocycles. The lowest BCUT2D eigenvalue weighted by Crippen LogP contribution is -2.14. The SMILES string of the molecule is c1ccc2c(-c3ccc(N(c4ccc(-c5cccc6ccccc56)cc4)c4cc(-c5cc(-c6ccc7oc8ccccc8c7c6)cc(-c6ccc7oc8ccccc8c7c6)c5)cc(N(c5ccc(-c6cccc7ccccc67)cc5)c5ccc(-c6cccc7ccccc67)cc5)c4)cc3)cccc2c1. The predicted molar refractivity (Wildman–Crippen MR) is 438 cm³/mol. The van der Waals surface area contributed by atoms with Crippen molar-refractivity contribution in [3.63, 3.8) is 0 Å². The van der Waals surface area contributed by atoms with Crippen molar-refractivity contribution in [1.82, 2.24) is 0 Å². The highest BCUT2D eigenvalue weighted by atomic mass is 16.3. The van der Waals surface area contributed by atoms with Gasteiger partial charge in [0.15, 0.2) is 0 Å². The standard InChI is InChI=1S/C100H64N2O2/c1-5-25-85-65(17-1)21-13-31-89(85)69-37-47-79(48-38-69)101(80-49-39-70(40-50-80)90-32-14-22-66-18-2-6-26-86(66)90)83-60-78(77-58-75(73-45-55-99-95(62-73)93-29-9-11-35-97(93)103-99)57-76(59-77)74-46-56-100-96(63-74)94-30-10-12-36-98(94)104-100)61-84(64-83)102(81-51-41-71(42-52-81)91-33-15-23-67-19-3-7-27-87(67)91)82-53-43-72(44-54-82)92-34-16-24-68-20-4-8-28-88(68)92/h1-64H. The van der Waals surface area contributed by atoms with Crippen LogP contribution in [0.5, 0.6) is 0 Å². The number of furan rings is 2. The van der Waals surface area contributed by atoms with E-state index in [-0.39, 0.29) is 0 Å². The maximum atomic E-state index is 6.48. The molecule has 20 aromatic rings. The molecule has 0 atom stereocenters. The molecule has 4 nitrogen and oxygen atoms in total. The van der Waals surface area contributed by atoms with E-state index >= 15 is 0 Å². The zero-order valence-corrected chi connectivity index (χ0v) is 56.7. The van der Waals surface area contributed by atoms with Crippen LogP contribution in [-0.2, 0) is 0 Å². The van der Waals surface area contributed by atoms with Crippen molar-refractivity contribution >= 4 is 121 Å². The van der Waals surface area contributed by atoms with Crippen LogP contribution in [0.1, 0.15) is 0 Å². The molecule has 0 saturated heterocycles. The Balaban J connectivity index is 0.837. The highest BCUT2D eigenvalue weighted by Gasteiger charge is 2.23. The van der Waals surface area contributed by atoms with Crippen LogP contribution in [0.25, 0.3) is 165 Å². The first-order chi connectivity index (χ1) is 51.5. The molecule has 0 aliphatic rings. The van der Waals surface area contributed by atoms with Gasteiger partial charge in [-0.3, -0.25) is 0 Å². The van der Waals surface area contributed by atoms with E-state index in [4.69, 9.17) is 8.83 Å². The third-order valence-corrected chi connectivity index (χ3v) is 21.0. The summed E-state index contributed by atoms with van der Waals surface area (Å²) in [5.41, 5.74) is 25.1. The second kappa shape index (κ2) is 25.1. The summed E-state index contributed by atoms with van der Waals surface area (Å²) in [6.45, 7) is 0. The lowest BCUT2D eigenvalue weighted by molar-refractivity contribution is 0.668. The summed E-state index contributed by atoms with van der Waals surface area (Å²) in [6.07, 6.45) is 0. The number of hydrogen-bond donors (Lipinski definition) is 0. The van der Waals surface area contributed by atoms with Crippen molar-refractivity contribution < 1.29 is 8.83 Å². The summed E-state index contributed by atoms with van der Waals surface area (Å²) in [4.78, 5) is 4.89. The van der Waals surface area contributed by atoms with Gasteiger partial charge in [0.25, 0.3) is 0 Å². The molecule has 0 bridgehead atoms. The molecule has 0 amide bonds. The Morgan fingerprint density at radius 2 is 0.394 bits per heavy atom. The molecule has 0 saturated carbocycles. The molecule has 0 radical (unpaired) electrons. The number of rotatable bonds is 13. The molecule has 20 rings (SSSR count). The summed E-state index contributed by atoms with van der Waals surface area (Å²) in [5, 5.41) is 14.0. The molecule has 0 N–H and O–H groups in total. The van der Waals surface area contributed by atoms with Gasteiger partial charge < -0.3 is 18.6 Å². The van der Waals surface area contributed by atoms with E-state index in [9.17, 15) is 0 Å². The van der Waals surface area contributed by atoms with Crippen LogP contribution in [0.15, 0.2) is 397 Å². The van der Waals surface area contributed by atoms with Crippen LogP contribution < -0.4 is 9.80 Å². The second-order valence-corrected chi connectivity index (χ2v) is 27.1. The highest BCUT2D eigenvalue weighted by Crippen LogP contribution is 2.48. The van der Waals surface area contributed by atoms with Gasteiger partial charge >= 0.3 is 0 Å². The third kappa shape index (κ3) is 10.7. The largest absolute Gasteiger partial charge is 0.456 e. The van der Waals surface area contributed by atoms with E-state index in [0.717, 1.165) is 134 Å². The number of fused-ring (bicyclic) bond motifs is 10. The minimum Gasteiger partial charge on any atom is -0.456 e. The fourth-order valence-electron chi connectivity index (χ4n) is 15.9. The van der Waals surface area contributed by atoms with Gasteiger partial charge in [0.2, 0.25) is 0 Å². The van der Waals surface area contributed by atoms with E-state index in [1.54, 1.807) is 0 Å². The molecule has 0 fully saturated rings. The van der Waals surface area contributed by atoms with Crippen molar-refractivity contribution in [2.24, 2.45) is 0 Å². The first-order valence-corrected chi connectivity index (χ1v) is 35.6. The van der Waals surface area contributed by atoms with Crippen molar-refractivity contribution in [2.75, 3.05) is 9.80 Å². The Morgan fingerprint density at radius 1 is 0.144 bits per heavy atom. The average Bonchev–Trinajstić information content (AvgIpc) is 1.47. The Hall–Kier alpha value is -13.8. The maximum absolute atomic E-state index is 6.48. The minimum absolute atomic E-state index is 0.853. The zero-order valence-electron chi connectivity index (χ0n) is 56.7. The normalized spacial score (nSPS) is 11.7. The topological polar surface area (TPSA) is 32.8 Å². The smallest absolute Gasteiger partial charge is 0.135 e. The molecular formula is C100H64N2O2. The lowest BCUT2D eigenvalue weighted by atomic mass is 9.91. The van der Waals surface area contributed by atoms with E-state index in [0.29, 0.717) is 0 Å². The van der Waals surface area contributed by atoms with Crippen molar-refractivity contribution in [2.45, 2.75) is 0 Å². The Morgan fingerprint density at radius 3 is 0.721 bits per heavy atom. The van der Waals surface area contributed by atoms with E-state index < -0.39 is 0 Å². The predicted octanol–water partition coefficient (Wildman–Crippen LogP) is 28.7. The van der Waals surface area contributed by atoms with Gasteiger partial charge in [-0.15, -0.1) is 0 Å². The van der Waals surface area contributed by atoms with Crippen LogP contribution in [0.3, 0.4) is 0 Å². The number of para-hydroxylation sites is 2. The molecular weight excluding hydrogens is 1260 g/mol. The molecule has 0 aliphatic heterocycles. The lowest BCUT2D eigenvalue weighted by Gasteiger charge is -2.31. The van der Waals surface area contributed by atoms with Crippen molar-refractivity contribution in [3.8, 4) is 77.9 Å². The highest BCUT2D eigenvalue weighted by molar-refractivity contribution is 6.09. The van der Waals surface area contributed by atoms with E-state index in [2.05, 4.69) is 386 Å². The monoisotopic (exact) mass is 1320 g/mol. The molecule has 486 valence electrons. The van der Waals surface area contributed by atoms with Crippen LogP contribution in [0, 0.1) is 0 Å². The first-order valence-electron chi connectivity index (χ1n) is 35.6. The molecule has 104 heavy (non-hydrogen) atoms. The van der Waals surface area contributed by atoms with Gasteiger partial charge in [0, 0.05) is 55.7 Å². The van der Waals surface area contributed by atoms with Gasteiger partial charge in [0.05, 0.1) is 0 Å². The zero-order chi connectivity index (χ0) is 68.6. The maximum Gasteiger partial charge on any atom is 0.135 e. The van der Waals surface area contributed by atoms with Crippen LogP contribution in [0.2, 0.25) is 0 Å². The van der Waals surface area contributed by atoms with Gasteiger partial charge in [-0.2, -0.15) is 0 Å². The fourth-order valence-corrected chi connectivity index (χ4v) is 15.9. The van der Waals surface area contributed by atoms with Crippen molar-refractivity contribution in [3.05, 3.63) is 388 Å². The van der Waals surface area contributed by atoms with Gasteiger partial charge in [0.1, 0.15) is 22.3 Å². The van der Waals surface area contributed by atoms with Crippen LogP contribution in [0.4, 0.5) is 34.1 Å². The number of benzene rings is 18. The number of hydrogen-bond acceptors (Lipinski definition) is 4. The summed E-state index contributed by atoms with van der Waals surface area (Å²) in [7, 11) is 0. The summed E-state index contributed by atoms with van der Waals surface area (Å²) in [5.74, 6) is 0. The molecule has 0 aliphatic carbocycles. The molecule has 2 heterocycles. The number of nitrogens with zero attached hydrogens (tertiary/aromatic N) is 2. The Bertz CT molecular complexity index is 6060. The molecule has 2 aromatic heterocycles. The first kappa shape index (κ1) is 60.2. The van der Waals surface area contributed by atoms with Crippen LogP contribution >= 0.6 is 0 Å². The summed E-state index contributed by atoms with van der Waals surface area (Å²) >= 11 is 0. The van der Waals surface area contributed by atoms with Crippen molar-refractivity contribution in [1.29, 1.82) is 0 Å². The van der Waals surface area contributed by atoms with Gasteiger partial charge in [-0.25, -0.2) is 0 Å².